The van der Waals surface area contributed by atoms with Gasteiger partial charge in [0.1, 0.15) is 0 Å². The fourth-order valence-corrected chi connectivity index (χ4v) is 8.48. The van der Waals surface area contributed by atoms with Gasteiger partial charge in [-0.15, -0.1) is 0 Å². The van der Waals surface area contributed by atoms with E-state index in [0.29, 0.717) is 0 Å². The second-order valence-corrected chi connectivity index (χ2v) is 13.3. The summed E-state index contributed by atoms with van der Waals surface area (Å²) < 4.78 is 5.14. The Morgan fingerprint density at radius 1 is 0.490 bits per heavy atom. The summed E-state index contributed by atoms with van der Waals surface area (Å²) in [5, 5.41) is 6.11. The van der Waals surface area contributed by atoms with Crippen molar-refractivity contribution in [1.82, 2.24) is 9.05 Å². The maximum Gasteiger partial charge on any atom is 0.333 e. The van der Waals surface area contributed by atoms with Crippen LogP contribution in [0.5, 0.6) is 0 Å². The molecule has 0 amide bonds. The van der Waals surface area contributed by atoms with Gasteiger partial charge in [-0.2, -0.15) is 0 Å². The van der Waals surface area contributed by atoms with Crippen LogP contribution < -0.4 is 16.0 Å². The molecule has 0 atom stereocenters. The van der Waals surface area contributed by atoms with Gasteiger partial charge in [0, 0.05) is 43.7 Å². The molecule has 0 bridgehead atoms. The van der Waals surface area contributed by atoms with E-state index in [9.17, 15) is 0 Å². The van der Waals surface area contributed by atoms with Crippen LogP contribution in [0.15, 0.2) is 189 Å². The van der Waals surface area contributed by atoms with Gasteiger partial charge >= 0.3 is 6.85 Å². The topological polar surface area (TPSA) is 9.86 Å². The third-order valence-corrected chi connectivity index (χ3v) is 10.6. The molecule has 2 aromatic heterocycles. The first-order valence-electron chi connectivity index (χ1n) is 17.6. The van der Waals surface area contributed by atoms with Gasteiger partial charge in [-0.1, -0.05) is 176 Å². The van der Waals surface area contributed by atoms with Crippen molar-refractivity contribution in [3.05, 3.63) is 205 Å². The number of allylic oxidation sites excluding steroid dienone is 1. The van der Waals surface area contributed by atoms with Crippen molar-refractivity contribution in [2.24, 2.45) is 0 Å². The minimum Gasteiger partial charge on any atom is -0.375 e. The maximum atomic E-state index is 4.22. The molecule has 0 unspecified atom stereocenters. The summed E-state index contributed by atoms with van der Waals surface area (Å²) >= 11 is 0. The van der Waals surface area contributed by atoms with E-state index < -0.39 is 0 Å². The van der Waals surface area contributed by atoms with Crippen molar-refractivity contribution >= 4 is 56.6 Å². The molecule has 10 rings (SSSR count). The second kappa shape index (κ2) is 11.8. The van der Waals surface area contributed by atoms with Crippen LogP contribution in [0.25, 0.3) is 72.2 Å². The lowest BCUT2D eigenvalue weighted by Crippen LogP contribution is -2.52. The lowest BCUT2D eigenvalue weighted by atomic mass is 9.46. The van der Waals surface area contributed by atoms with Crippen LogP contribution in [0.2, 0.25) is 0 Å². The van der Waals surface area contributed by atoms with Crippen molar-refractivity contribution in [3.8, 4) is 27.9 Å². The summed E-state index contributed by atoms with van der Waals surface area (Å²) in [5.74, 6) is 0. The minimum absolute atomic E-state index is 0.127. The Labute approximate surface area is 297 Å². The minimum atomic E-state index is -0.127. The molecule has 51 heavy (non-hydrogen) atoms. The summed E-state index contributed by atoms with van der Waals surface area (Å²) in [6.07, 6.45) is 4.14. The van der Waals surface area contributed by atoms with Gasteiger partial charge in [0.05, 0.1) is 10.9 Å². The van der Waals surface area contributed by atoms with E-state index in [1.807, 2.05) is 6.08 Å². The first-order valence-corrected chi connectivity index (χ1v) is 17.6. The van der Waals surface area contributed by atoms with Crippen molar-refractivity contribution in [3.63, 3.8) is 0 Å². The largest absolute Gasteiger partial charge is 0.375 e. The number of fused-ring (bicyclic) bond motifs is 8. The predicted molar refractivity (Wildman–Crippen MR) is 217 cm³/mol. The summed E-state index contributed by atoms with van der Waals surface area (Å²) in [4.78, 5) is 0. The number of nitrogens with zero attached hydrogens (tertiary/aromatic N) is 2. The molecule has 1 aliphatic rings. The molecule has 0 saturated carbocycles. The van der Waals surface area contributed by atoms with E-state index in [2.05, 4.69) is 198 Å². The highest BCUT2D eigenvalue weighted by molar-refractivity contribution is 6.91. The monoisotopic (exact) mass is 648 g/mol. The average molecular weight is 649 g/mol. The Morgan fingerprint density at radius 2 is 1.14 bits per heavy atom. The highest BCUT2D eigenvalue weighted by atomic mass is 15.0. The third-order valence-electron chi connectivity index (χ3n) is 10.6. The average Bonchev–Trinajstić information content (AvgIpc) is 3.71. The molecule has 0 saturated heterocycles. The van der Waals surface area contributed by atoms with Crippen LogP contribution in [-0.2, 0) is 0 Å². The molecule has 9 aromatic rings. The Hall–Kier alpha value is -6.58. The van der Waals surface area contributed by atoms with E-state index in [4.69, 9.17) is 0 Å². The highest BCUT2D eigenvalue weighted by Gasteiger charge is 2.37. The number of aromatic nitrogens is 2. The lowest BCUT2D eigenvalue weighted by Gasteiger charge is -2.29. The quantitative estimate of drug-likeness (QED) is 0.165. The predicted octanol–water partition coefficient (Wildman–Crippen LogP) is 9.54. The van der Waals surface area contributed by atoms with Crippen molar-refractivity contribution < 1.29 is 0 Å². The van der Waals surface area contributed by atoms with Gasteiger partial charge in [-0.05, 0) is 51.4 Å². The number of rotatable bonds is 5. The van der Waals surface area contributed by atoms with Gasteiger partial charge in [0.25, 0.3) is 0 Å². The van der Waals surface area contributed by atoms with Gasteiger partial charge in [0.15, 0.2) is 0 Å². The summed E-state index contributed by atoms with van der Waals surface area (Å²) in [7, 11) is 0. The summed E-state index contributed by atoms with van der Waals surface area (Å²) in [6.45, 7) is 4.09. The van der Waals surface area contributed by atoms with Gasteiger partial charge in [-0.25, -0.2) is 0 Å². The van der Waals surface area contributed by atoms with Crippen LogP contribution >= 0.6 is 0 Å². The van der Waals surface area contributed by atoms with E-state index in [0.717, 1.165) is 0 Å². The van der Waals surface area contributed by atoms with Crippen LogP contribution in [0.3, 0.4) is 0 Å². The first kappa shape index (κ1) is 29.4. The van der Waals surface area contributed by atoms with Gasteiger partial charge in [0.2, 0.25) is 0 Å². The third kappa shape index (κ3) is 4.45. The Morgan fingerprint density at radius 3 is 1.90 bits per heavy atom. The van der Waals surface area contributed by atoms with E-state index in [1.165, 1.54) is 87.7 Å². The van der Waals surface area contributed by atoms with Gasteiger partial charge < -0.3 is 9.05 Å². The van der Waals surface area contributed by atoms with Crippen molar-refractivity contribution in [2.45, 2.75) is 0 Å². The highest BCUT2D eigenvalue weighted by Crippen LogP contribution is 2.38. The Kier molecular flexibility index (Phi) is 6.78. The molecule has 3 heteroatoms. The van der Waals surface area contributed by atoms with Crippen LogP contribution in [0, 0.1) is 0 Å². The number of benzene rings is 7. The van der Waals surface area contributed by atoms with E-state index in [-0.39, 0.29) is 6.85 Å². The zero-order valence-corrected chi connectivity index (χ0v) is 28.1. The number of para-hydroxylation sites is 3. The summed E-state index contributed by atoms with van der Waals surface area (Å²) in [6, 6.07) is 64.1. The fraction of sp³-hybridized carbons (Fsp3) is 0. The van der Waals surface area contributed by atoms with Crippen molar-refractivity contribution in [1.29, 1.82) is 0 Å². The molecule has 0 N–H and O–H groups in total. The fourth-order valence-electron chi connectivity index (χ4n) is 8.48. The standard InChI is InChI=1S/C48H33BN2/c1-2-17-40-39-31-30-36(33-18-6-3-7-19-33)32-45(39)50-44-29-15-13-27-42(44)49(46(48(40)50)35-22-10-5-11-23-35)51-43-28-14-12-24-38(43)41-26-16-25-37(47(41)51)34-20-8-4-9-21-34/h2-32H,1H2/b40-17-. The molecule has 1 aliphatic heterocycles. The smallest absolute Gasteiger partial charge is 0.333 e. The molecule has 2 nitrogen and oxygen atoms in total. The number of hydrogen-bond acceptors (Lipinski definition) is 0. The molecular weight excluding hydrogens is 615 g/mol. The SMILES string of the molecule is C=C/C=c1\c2n(c3cc(-c4ccccc4)ccc13)-c1ccccc1B(n1c3ccccc3c3cccc(-c4ccccc4)c31)C=2c1ccccc1. The van der Waals surface area contributed by atoms with Gasteiger partial charge in [-0.3, -0.25) is 0 Å². The Bertz CT molecular complexity index is 2920. The molecule has 0 aliphatic carbocycles. The van der Waals surface area contributed by atoms with E-state index in [1.54, 1.807) is 0 Å². The molecule has 0 fully saturated rings. The maximum absolute atomic E-state index is 4.22. The van der Waals surface area contributed by atoms with Crippen molar-refractivity contribution in [2.75, 3.05) is 0 Å². The Balaban J connectivity index is 1.44. The summed E-state index contributed by atoms with van der Waals surface area (Å²) in [5.41, 5.74) is 13.4. The van der Waals surface area contributed by atoms with Crippen LogP contribution in [-0.4, -0.2) is 15.9 Å². The normalized spacial score (nSPS) is 12.8. The lowest BCUT2D eigenvalue weighted by molar-refractivity contribution is 1.06. The van der Waals surface area contributed by atoms with E-state index >= 15 is 0 Å². The molecule has 0 radical (unpaired) electrons. The molecule has 7 aromatic carbocycles. The first-order chi connectivity index (χ1) is 25.3. The molecule has 0 spiro atoms. The zero-order valence-electron chi connectivity index (χ0n) is 28.1. The number of hydrogen-bond donors (Lipinski definition) is 0. The molecule has 238 valence electrons. The van der Waals surface area contributed by atoms with Crippen LogP contribution in [0.4, 0.5) is 0 Å². The second-order valence-electron chi connectivity index (χ2n) is 13.3. The van der Waals surface area contributed by atoms with Crippen LogP contribution in [0.1, 0.15) is 5.56 Å². The molecule has 3 heterocycles. The molecular formula is C48H33BN2. The zero-order chi connectivity index (χ0) is 33.9.